The van der Waals surface area contributed by atoms with Crippen LogP contribution in [0.1, 0.15) is 52.9 Å². The van der Waals surface area contributed by atoms with Crippen molar-refractivity contribution < 1.29 is 31.9 Å². The topological polar surface area (TPSA) is 63.3 Å². The molecular weight excluding hydrogens is 531 g/mol. The van der Waals surface area contributed by atoms with Gasteiger partial charge in [0.2, 0.25) is 0 Å². The van der Waals surface area contributed by atoms with Crippen molar-refractivity contribution in [1.29, 1.82) is 0 Å². The molecule has 208 valence electrons. The number of hydrogen-bond donors (Lipinski definition) is 1. The Labute approximate surface area is 225 Å². The van der Waals surface area contributed by atoms with E-state index in [1.54, 1.807) is 17.8 Å². The third-order valence-corrected chi connectivity index (χ3v) is 8.13. The summed E-state index contributed by atoms with van der Waals surface area (Å²) < 4.78 is 71.7. The first-order valence-corrected chi connectivity index (χ1v) is 12.8. The zero-order valence-electron chi connectivity index (χ0n) is 21.4. The van der Waals surface area contributed by atoms with Crippen LogP contribution in [0.5, 0.6) is 0 Å². The number of piperidine rings is 1. The summed E-state index contributed by atoms with van der Waals surface area (Å²) in [5.41, 5.74) is 0.798. The first kappa shape index (κ1) is 26.1. The third-order valence-electron chi connectivity index (χ3n) is 8.13. The van der Waals surface area contributed by atoms with Crippen molar-refractivity contribution in [3.05, 3.63) is 83.3 Å². The molecule has 0 radical (unpaired) electrons. The Morgan fingerprint density at radius 1 is 1.10 bits per heavy atom. The Hall–Kier alpha value is -4.15. The summed E-state index contributed by atoms with van der Waals surface area (Å²) in [6.45, 7) is 1.40. The van der Waals surface area contributed by atoms with Crippen LogP contribution in [0.3, 0.4) is 0 Å². The van der Waals surface area contributed by atoms with Crippen molar-refractivity contribution in [3.8, 4) is 5.69 Å². The number of fused-ring (bicyclic) bond motifs is 1. The molecule has 40 heavy (non-hydrogen) atoms. The lowest BCUT2D eigenvalue weighted by Crippen LogP contribution is -2.42. The van der Waals surface area contributed by atoms with E-state index in [0.29, 0.717) is 30.5 Å². The number of carboxylic acid groups (broad SMARTS) is 1. The molecule has 2 aromatic heterocycles. The minimum atomic E-state index is -4.66. The largest absolute Gasteiger partial charge is 0.478 e. The lowest BCUT2D eigenvalue weighted by molar-refractivity contribution is -0.137. The molecule has 1 aliphatic heterocycles. The summed E-state index contributed by atoms with van der Waals surface area (Å²) in [4.78, 5) is 13.7. The van der Waals surface area contributed by atoms with Gasteiger partial charge in [-0.3, -0.25) is 0 Å². The average Bonchev–Trinajstić information content (AvgIpc) is 3.48. The summed E-state index contributed by atoms with van der Waals surface area (Å²) in [6, 6.07) is 10.5. The Morgan fingerprint density at radius 3 is 2.45 bits per heavy atom. The highest BCUT2D eigenvalue weighted by Crippen LogP contribution is 2.53. The highest BCUT2D eigenvalue weighted by molar-refractivity contribution is 6.04. The van der Waals surface area contributed by atoms with Gasteiger partial charge in [0.15, 0.2) is 0 Å². The second kappa shape index (κ2) is 9.21. The van der Waals surface area contributed by atoms with E-state index in [1.165, 1.54) is 18.2 Å². The maximum atomic E-state index is 13.9. The van der Waals surface area contributed by atoms with Crippen LogP contribution in [0, 0.1) is 5.41 Å². The summed E-state index contributed by atoms with van der Waals surface area (Å²) in [5.74, 6) is -0.982. The van der Waals surface area contributed by atoms with Crippen molar-refractivity contribution in [1.82, 2.24) is 14.3 Å². The van der Waals surface area contributed by atoms with Gasteiger partial charge in [0.05, 0.1) is 39.8 Å². The highest BCUT2D eigenvalue weighted by atomic mass is 19.4. The molecule has 0 unspecified atom stereocenters. The number of hydrogen-bond acceptors (Lipinski definition) is 3. The van der Waals surface area contributed by atoms with Crippen molar-refractivity contribution in [2.24, 2.45) is 12.5 Å². The van der Waals surface area contributed by atoms with Crippen LogP contribution < -0.4 is 4.90 Å². The van der Waals surface area contributed by atoms with Gasteiger partial charge in [-0.05, 0) is 60.6 Å². The van der Waals surface area contributed by atoms with Gasteiger partial charge in [-0.2, -0.15) is 18.3 Å². The minimum Gasteiger partial charge on any atom is -0.478 e. The van der Waals surface area contributed by atoms with Crippen molar-refractivity contribution in [2.75, 3.05) is 18.0 Å². The van der Waals surface area contributed by atoms with Gasteiger partial charge in [0, 0.05) is 37.4 Å². The number of allylic oxidation sites excluding steroid dienone is 2. The fourth-order valence-corrected chi connectivity index (χ4v) is 6.07. The predicted octanol–water partition coefficient (Wildman–Crippen LogP) is 7.09. The monoisotopic (exact) mass is 556 g/mol. The molecule has 6 rings (SSSR count). The molecule has 1 saturated heterocycles. The van der Waals surface area contributed by atoms with E-state index in [1.807, 2.05) is 24.3 Å². The Morgan fingerprint density at radius 2 is 1.80 bits per heavy atom. The average molecular weight is 557 g/mol. The van der Waals surface area contributed by atoms with Crippen LogP contribution in [-0.2, 0) is 13.2 Å². The van der Waals surface area contributed by atoms with Gasteiger partial charge >= 0.3 is 12.1 Å². The summed E-state index contributed by atoms with van der Waals surface area (Å²) in [5, 5.41) is 14.1. The number of halogens is 5. The molecular formula is C29H25F5N4O2. The van der Waals surface area contributed by atoms with E-state index in [2.05, 4.69) is 10.00 Å². The minimum absolute atomic E-state index is 0.0307. The number of anilines is 1. The molecule has 0 saturated carbocycles. The van der Waals surface area contributed by atoms with Gasteiger partial charge < -0.3 is 14.6 Å². The number of nitrogens with zero attached hydrogens (tertiary/aromatic N) is 4. The van der Waals surface area contributed by atoms with Gasteiger partial charge in [-0.25, -0.2) is 18.3 Å². The van der Waals surface area contributed by atoms with E-state index in [0.717, 1.165) is 41.0 Å². The first-order chi connectivity index (χ1) is 19.0. The molecule has 2 aliphatic rings. The Balaban J connectivity index is 1.26. The molecule has 2 aromatic carbocycles. The zero-order chi connectivity index (χ0) is 28.4. The van der Waals surface area contributed by atoms with Crippen LogP contribution >= 0.6 is 0 Å². The SMILES string of the molecule is Cn1cc(C(=O)O)c2ccc(N3CCC4(C=C(c5c(C(F)F)cnn5-c5ccccc5C(F)(F)F)C4)CC3)cc21. The summed E-state index contributed by atoms with van der Waals surface area (Å²) in [6.07, 6.45) is -1.09. The molecule has 3 heterocycles. The van der Waals surface area contributed by atoms with Crippen LogP contribution in [-0.4, -0.2) is 38.5 Å². The fraction of sp³-hybridized carbons (Fsp3) is 0.310. The van der Waals surface area contributed by atoms with Gasteiger partial charge in [-0.15, -0.1) is 0 Å². The summed E-state index contributed by atoms with van der Waals surface area (Å²) >= 11 is 0. The standard InChI is InChI=1S/C29H25F5N4O2/c1-36-16-21(27(39)40)19-7-6-18(12-24(19)36)37-10-8-28(9-11-37)13-17(14-28)25-20(26(30)31)15-35-38(25)23-5-3-2-4-22(23)29(32,33)34/h2-7,12-13,15-16,26H,8-11,14H2,1H3,(H,39,40). The van der Waals surface area contributed by atoms with E-state index in [4.69, 9.17) is 0 Å². The second-order valence-electron chi connectivity index (χ2n) is 10.5. The maximum Gasteiger partial charge on any atom is 0.418 e. The van der Waals surface area contributed by atoms with Crippen LogP contribution in [0.25, 0.3) is 22.2 Å². The quantitative estimate of drug-likeness (QED) is 0.267. The molecule has 1 aliphatic carbocycles. The molecule has 0 amide bonds. The number of carbonyl (C=O) groups is 1. The van der Waals surface area contributed by atoms with Crippen molar-refractivity contribution in [2.45, 2.75) is 31.9 Å². The number of aromatic nitrogens is 3. The van der Waals surface area contributed by atoms with E-state index >= 15 is 0 Å². The van der Waals surface area contributed by atoms with E-state index in [-0.39, 0.29) is 27.9 Å². The fourth-order valence-electron chi connectivity index (χ4n) is 6.07. The molecule has 1 N–H and O–H groups in total. The maximum absolute atomic E-state index is 13.9. The number of aryl methyl sites for hydroxylation is 1. The van der Waals surface area contributed by atoms with Gasteiger partial charge in [-0.1, -0.05) is 18.2 Å². The van der Waals surface area contributed by atoms with Gasteiger partial charge in [0.25, 0.3) is 6.43 Å². The second-order valence-corrected chi connectivity index (χ2v) is 10.5. The smallest absolute Gasteiger partial charge is 0.418 e. The normalized spacial score (nSPS) is 17.0. The number of alkyl halides is 5. The number of aromatic carboxylic acids is 1. The molecule has 1 fully saturated rings. The number of carboxylic acids is 1. The van der Waals surface area contributed by atoms with Crippen LogP contribution in [0.15, 0.2) is 60.9 Å². The molecule has 0 atom stereocenters. The lowest BCUT2D eigenvalue weighted by atomic mass is 9.64. The number of benzene rings is 2. The third kappa shape index (κ3) is 4.24. The Kier molecular flexibility index (Phi) is 6.01. The van der Waals surface area contributed by atoms with E-state index < -0.39 is 24.1 Å². The van der Waals surface area contributed by atoms with Crippen molar-refractivity contribution >= 4 is 28.1 Å². The summed E-state index contributed by atoms with van der Waals surface area (Å²) in [7, 11) is 1.80. The predicted molar refractivity (Wildman–Crippen MR) is 140 cm³/mol. The molecule has 0 bridgehead atoms. The number of para-hydroxylation sites is 1. The van der Waals surface area contributed by atoms with Crippen molar-refractivity contribution in [3.63, 3.8) is 0 Å². The molecule has 11 heteroatoms. The van der Waals surface area contributed by atoms with Crippen LogP contribution in [0.4, 0.5) is 27.6 Å². The molecule has 6 nitrogen and oxygen atoms in total. The van der Waals surface area contributed by atoms with Crippen LogP contribution in [0.2, 0.25) is 0 Å². The highest BCUT2D eigenvalue weighted by Gasteiger charge is 2.43. The Bertz CT molecular complexity index is 1660. The molecule has 4 aromatic rings. The molecule has 1 spiro atoms. The lowest BCUT2D eigenvalue weighted by Gasteiger charge is -2.47. The number of rotatable bonds is 5. The zero-order valence-corrected chi connectivity index (χ0v) is 21.4. The van der Waals surface area contributed by atoms with Gasteiger partial charge in [0.1, 0.15) is 0 Å². The van der Waals surface area contributed by atoms with E-state index in [9.17, 15) is 31.9 Å². The first-order valence-electron chi connectivity index (χ1n) is 12.8.